The number of aromatic nitrogens is 2. The number of amides is 1. The first-order valence-electron chi connectivity index (χ1n) is 7.19. The van der Waals surface area contributed by atoms with Crippen molar-refractivity contribution in [3.63, 3.8) is 0 Å². The largest absolute Gasteiger partial charge is 0.384 e. The monoisotopic (exact) mass is 286 g/mol. The average molecular weight is 286 g/mol. The second-order valence-corrected chi connectivity index (χ2v) is 5.19. The highest BCUT2D eigenvalue weighted by Crippen LogP contribution is 2.18. The van der Waals surface area contributed by atoms with E-state index < -0.39 is 0 Å². The summed E-state index contributed by atoms with van der Waals surface area (Å²) in [6.07, 6.45) is 0. The van der Waals surface area contributed by atoms with E-state index in [1.54, 1.807) is 15.6 Å². The van der Waals surface area contributed by atoms with Gasteiger partial charge in [-0.1, -0.05) is 6.07 Å². The Morgan fingerprint density at radius 2 is 1.71 bits per heavy atom. The van der Waals surface area contributed by atoms with Crippen molar-refractivity contribution in [1.29, 1.82) is 0 Å². The Morgan fingerprint density at radius 3 is 2.24 bits per heavy atom. The Morgan fingerprint density at radius 1 is 1.14 bits per heavy atom. The molecule has 2 rings (SSSR count). The predicted molar refractivity (Wildman–Crippen MR) is 84.7 cm³/mol. The number of anilines is 1. The van der Waals surface area contributed by atoms with Crippen LogP contribution in [0.4, 0.5) is 5.82 Å². The molecular formula is C16H22N4O. The average Bonchev–Trinajstić information content (AvgIpc) is 2.81. The van der Waals surface area contributed by atoms with Gasteiger partial charge < -0.3 is 10.6 Å². The maximum atomic E-state index is 12.3. The summed E-state index contributed by atoms with van der Waals surface area (Å²) in [6, 6.07) is 7.73. The van der Waals surface area contributed by atoms with Gasteiger partial charge in [0, 0.05) is 19.2 Å². The van der Waals surface area contributed by atoms with E-state index in [0.717, 1.165) is 16.8 Å². The first-order chi connectivity index (χ1) is 9.96. The molecule has 0 spiro atoms. The van der Waals surface area contributed by atoms with Crippen LogP contribution in [-0.4, -0.2) is 33.7 Å². The molecule has 2 aromatic rings. The molecule has 0 saturated carbocycles. The first-order valence-corrected chi connectivity index (χ1v) is 7.19. The van der Waals surface area contributed by atoms with Crippen LogP contribution >= 0.6 is 0 Å². The summed E-state index contributed by atoms with van der Waals surface area (Å²) >= 11 is 0. The zero-order chi connectivity index (χ0) is 15.6. The van der Waals surface area contributed by atoms with Crippen molar-refractivity contribution < 1.29 is 4.79 Å². The molecule has 1 aromatic carbocycles. The summed E-state index contributed by atoms with van der Waals surface area (Å²) in [4.78, 5) is 14.1. The van der Waals surface area contributed by atoms with Gasteiger partial charge in [-0.2, -0.15) is 5.10 Å². The van der Waals surface area contributed by atoms with Crippen LogP contribution in [0.3, 0.4) is 0 Å². The Balaban J connectivity index is 2.41. The van der Waals surface area contributed by atoms with Gasteiger partial charge in [0.25, 0.3) is 5.91 Å². The van der Waals surface area contributed by atoms with Crippen molar-refractivity contribution in [2.24, 2.45) is 0 Å². The number of rotatable bonds is 4. The Bertz CT molecular complexity index is 636. The maximum absolute atomic E-state index is 12.3. The van der Waals surface area contributed by atoms with Crippen LogP contribution < -0.4 is 5.73 Å². The molecule has 0 unspecified atom stereocenters. The molecule has 5 heteroatoms. The van der Waals surface area contributed by atoms with E-state index in [0.29, 0.717) is 24.6 Å². The fraction of sp³-hybridized carbons (Fsp3) is 0.375. The Labute approximate surface area is 125 Å². The van der Waals surface area contributed by atoms with E-state index in [2.05, 4.69) is 11.2 Å². The highest BCUT2D eigenvalue weighted by molar-refractivity contribution is 5.93. The van der Waals surface area contributed by atoms with Crippen molar-refractivity contribution in [2.75, 3.05) is 18.8 Å². The minimum absolute atomic E-state index is 0.0881. The number of aryl methyl sites for hydroxylation is 2. The molecule has 1 amide bonds. The van der Waals surface area contributed by atoms with E-state index in [4.69, 9.17) is 5.73 Å². The molecule has 0 saturated heterocycles. The molecule has 0 atom stereocenters. The third kappa shape index (κ3) is 3.07. The lowest BCUT2D eigenvalue weighted by molar-refractivity contribution is 0.0766. The summed E-state index contributed by atoms with van der Waals surface area (Å²) in [7, 11) is 0. The van der Waals surface area contributed by atoms with Gasteiger partial charge in [-0.05, 0) is 51.0 Å². The fourth-order valence-electron chi connectivity index (χ4n) is 2.45. The van der Waals surface area contributed by atoms with Gasteiger partial charge in [-0.3, -0.25) is 4.79 Å². The number of benzene rings is 1. The molecule has 2 N–H and O–H groups in total. The van der Waals surface area contributed by atoms with E-state index in [1.807, 2.05) is 39.8 Å². The van der Waals surface area contributed by atoms with Crippen molar-refractivity contribution in [2.45, 2.75) is 27.7 Å². The van der Waals surface area contributed by atoms with Crippen LogP contribution in [0, 0.1) is 13.8 Å². The van der Waals surface area contributed by atoms with Crippen LogP contribution in [0.5, 0.6) is 0 Å². The standard InChI is InChI=1S/C16H22N4O/c1-5-19(6-2)16(21)14-10-15(17)20(18-14)13-8-11(3)7-12(4)9-13/h7-10H,5-6,17H2,1-4H3. The summed E-state index contributed by atoms with van der Waals surface area (Å²) in [5.41, 5.74) is 9.56. The minimum atomic E-state index is -0.0881. The molecule has 0 radical (unpaired) electrons. The first kappa shape index (κ1) is 15.1. The molecule has 21 heavy (non-hydrogen) atoms. The molecule has 0 fully saturated rings. The van der Waals surface area contributed by atoms with Crippen LogP contribution in [0.15, 0.2) is 24.3 Å². The van der Waals surface area contributed by atoms with Gasteiger partial charge in [-0.25, -0.2) is 4.68 Å². The van der Waals surface area contributed by atoms with Gasteiger partial charge in [0.1, 0.15) is 5.82 Å². The predicted octanol–water partition coefficient (Wildman–Crippen LogP) is 2.55. The zero-order valence-corrected chi connectivity index (χ0v) is 13.1. The lowest BCUT2D eigenvalue weighted by atomic mass is 10.1. The number of nitrogen functional groups attached to an aromatic ring is 1. The third-order valence-electron chi connectivity index (χ3n) is 3.46. The normalized spacial score (nSPS) is 10.7. The van der Waals surface area contributed by atoms with E-state index >= 15 is 0 Å². The van der Waals surface area contributed by atoms with Crippen molar-refractivity contribution in [3.8, 4) is 5.69 Å². The van der Waals surface area contributed by atoms with Crippen LogP contribution in [-0.2, 0) is 0 Å². The Kier molecular flexibility index (Phi) is 4.31. The van der Waals surface area contributed by atoms with Crippen LogP contribution in [0.25, 0.3) is 5.69 Å². The summed E-state index contributed by atoms with van der Waals surface area (Å²) in [5.74, 6) is 0.380. The van der Waals surface area contributed by atoms with E-state index in [-0.39, 0.29) is 5.91 Å². The number of carbonyl (C=O) groups is 1. The van der Waals surface area contributed by atoms with Crippen molar-refractivity contribution in [3.05, 3.63) is 41.1 Å². The second-order valence-electron chi connectivity index (χ2n) is 5.19. The number of nitrogens with zero attached hydrogens (tertiary/aromatic N) is 3. The number of nitrogens with two attached hydrogens (primary N) is 1. The van der Waals surface area contributed by atoms with Gasteiger partial charge in [0.15, 0.2) is 5.69 Å². The van der Waals surface area contributed by atoms with E-state index in [9.17, 15) is 4.79 Å². The third-order valence-corrected chi connectivity index (χ3v) is 3.46. The molecular weight excluding hydrogens is 264 g/mol. The van der Waals surface area contributed by atoms with E-state index in [1.165, 1.54) is 0 Å². The number of hydrogen-bond acceptors (Lipinski definition) is 3. The topological polar surface area (TPSA) is 64.2 Å². The molecule has 0 aliphatic heterocycles. The highest BCUT2D eigenvalue weighted by atomic mass is 16.2. The lowest BCUT2D eigenvalue weighted by Gasteiger charge is -2.16. The van der Waals surface area contributed by atoms with Gasteiger partial charge in [0.05, 0.1) is 5.69 Å². The molecule has 112 valence electrons. The highest BCUT2D eigenvalue weighted by Gasteiger charge is 2.18. The molecule has 0 aliphatic carbocycles. The van der Waals surface area contributed by atoms with Crippen molar-refractivity contribution in [1.82, 2.24) is 14.7 Å². The van der Waals surface area contributed by atoms with Crippen molar-refractivity contribution >= 4 is 11.7 Å². The zero-order valence-electron chi connectivity index (χ0n) is 13.1. The molecule has 1 aromatic heterocycles. The molecule has 0 bridgehead atoms. The van der Waals surface area contributed by atoms with Gasteiger partial charge in [0.2, 0.25) is 0 Å². The maximum Gasteiger partial charge on any atom is 0.274 e. The SMILES string of the molecule is CCN(CC)C(=O)c1cc(N)n(-c2cc(C)cc(C)c2)n1. The number of hydrogen-bond donors (Lipinski definition) is 1. The smallest absolute Gasteiger partial charge is 0.274 e. The summed E-state index contributed by atoms with van der Waals surface area (Å²) < 4.78 is 1.62. The number of carbonyl (C=O) groups excluding carboxylic acids is 1. The summed E-state index contributed by atoms with van der Waals surface area (Å²) in [6.45, 7) is 9.27. The molecule has 5 nitrogen and oxygen atoms in total. The summed E-state index contributed by atoms with van der Waals surface area (Å²) in [5, 5.41) is 4.38. The quantitative estimate of drug-likeness (QED) is 0.939. The Hall–Kier alpha value is -2.30. The van der Waals surface area contributed by atoms with Crippen LogP contribution in [0.1, 0.15) is 35.5 Å². The van der Waals surface area contributed by atoms with Gasteiger partial charge >= 0.3 is 0 Å². The van der Waals surface area contributed by atoms with Gasteiger partial charge in [-0.15, -0.1) is 0 Å². The fourth-order valence-corrected chi connectivity index (χ4v) is 2.45. The molecule has 0 aliphatic rings. The minimum Gasteiger partial charge on any atom is -0.384 e. The van der Waals surface area contributed by atoms with Crippen LogP contribution in [0.2, 0.25) is 0 Å². The molecule has 1 heterocycles. The lowest BCUT2D eigenvalue weighted by Crippen LogP contribution is -2.30. The second kappa shape index (κ2) is 5.99.